The number of hydrogen-bond acceptors (Lipinski definition) is 4. The minimum atomic E-state index is -0.0150. The average molecular weight is 329 g/mol. The standard InChI is InChI=1S/C18H19NO3S/c1-13-2-4-14(5-3-13)11-23-12-18(20)19-15-6-7-16-17(10-15)22-9-8-21-16/h2-7,10H,8-9,11-12H2,1H3,(H,19,20). The summed E-state index contributed by atoms with van der Waals surface area (Å²) in [5.41, 5.74) is 3.21. The van der Waals surface area contributed by atoms with Gasteiger partial charge < -0.3 is 14.8 Å². The first kappa shape index (κ1) is 15.7. The van der Waals surface area contributed by atoms with Gasteiger partial charge in [-0.05, 0) is 24.6 Å². The monoisotopic (exact) mass is 329 g/mol. The molecular weight excluding hydrogens is 310 g/mol. The summed E-state index contributed by atoms with van der Waals surface area (Å²) in [6.07, 6.45) is 0. The van der Waals surface area contributed by atoms with E-state index in [1.807, 2.05) is 12.1 Å². The Morgan fingerprint density at radius 1 is 1.09 bits per heavy atom. The Bertz CT molecular complexity index is 685. The van der Waals surface area contributed by atoms with Crippen molar-refractivity contribution in [1.29, 1.82) is 0 Å². The third kappa shape index (κ3) is 4.42. The lowest BCUT2D eigenvalue weighted by molar-refractivity contribution is -0.113. The summed E-state index contributed by atoms with van der Waals surface area (Å²) in [5, 5.41) is 2.89. The van der Waals surface area contributed by atoms with Gasteiger partial charge in [0.2, 0.25) is 5.91 Å². The third-order valence-corrected chi connectivity index (χ3v) is 4.45. The fourth-order valence-electron chi connectivity index (χ4n) is 2.26. The molecule has 0 saturated heterocycles. The Hall–Kier alpha value is -2.14. The van der Waals surface area contributed by atoms with E-state index in [0.29, 0.717) is 24.7 Å². The van der Waals surface area contributed by atoms with E-state index in [0.717, 1.165) is 17.2 Å². The Balaban J connectivity index is 1.48. The van der Waals surface area contributed by atoms with Crippen LogP contribution in [-0.4, -0.2) is 24.9 Å². The van der Waals surface area contributed by atoms with Crippen molar-refractivity contribution in [1.82, 2.24) is 0 Å². The molecule has 0 saturated carbocycles. The van der Waals surface area contributed by atoms with Gasteiger partial charge in [-0.2, -0.15) is 0 Å². The second-order valence-electron chi connectivity index (χ2n) is 5.39. The number of fused-ring (bicyclic) bond motifs is 1. The Kier molecular flexibility index (Phi) is 5.08. The van der Waals surface area contributed by atoms with E-state index in [9.17, 15) is 4.79 Å². The number of amides is 1. The second kappa shape index (κ2) is 7.42. The second-order valence-corrected chi connectivity index (χ2v) is 6.37. The van der Waals surface area contributed by atoms with Crippen LogP contribution in [-0.2, 0) is 10.5 Å². The summed E-state index contributed by atoms with van der Waals surface area (Å²) in [7, 11) is 0. The Morgan fingerprint density at radius 3 is 2.61 bits per heavy atom. The molecular formula is C18H19NO3S. The van der Waals surface area contributed by atoms with Crippen molar-refractivity contribution >= 4 is 23.4 Å². The quantitative estimate of drug-likeness (QED) is 0.910. The topological polar surface area (TPSA) is 47.6 Å². The van der Waals surface area contributed by atoms with Crippen LogP contribution in [0.2, 0.25) is 0 Å². The summed E-state index contributed by atoms with van der Waals surface area (Å²) in [6.45, 7) is 3.17. The third-order valence-electron chi connectivity index (χ3n) is 3.45. The molecule has 0 fully saturated rings. The van der Waals surface area contributed by atoms with Crippen LogP contribution in [0.5, 0.6) is 11.5 Å². The molecule has 2 aromatic carbocycles. The number of hydrogen-bond donors (Lipinski definition) is 1. The number of carbonyl (C=O) groups is 1. The van der Waals surface area contributed by atoms with Crippen molar-refractivity contribution < 1.29 is 14.3 Å². The number of nitrogens with one attached hydrogen (secondary N) is 1. The van der Waals surface area contributed by atoms with Crippen LogP contribution in [0.1, 0.15) is 11.1 Å². The van der Waals surface area contributed by atoms with Crippen molar-refractivity contribution in [3.8, 4) is 11.5 Å². The first-order valence-electron chi connectivity index (χ1n) is 7.53. The van der Waals surface area contributed by atoms with Crippen LogP contribution in [0.4, 0.5) is 5.69 Å². The van der Waals surface area contributed by atoms with Crippen LogP contribution >= 0.6 is 11.8 Å². The van der Waals surface area contributed by atoms with Gasteiger partial charge in [0.25, 0.3) is 0 Å². The van der Waals surface area contributed by atoms with Crippen molar-refractivity contribution in [2.24, 2.45) is 0 Å². The van der Waals surface area contributed by atoms with Gasteiger partial charge in [0.05, 0.1) is 5.75 Å². The van der Waals surface area contributed by atoms with Gasteiger partial charge in [-0.1, -0.05) is 29.8 Å². The van der Waals surface area contributed by atoms with Gasteiger partial charge in [-0.25, -0.2) is 0 Å². The number of rotatable bonds is 5. The maximum absolute atomic E-state index is 12.0. The van der Waals surface area contributed by atoms with Crippen LogP contribution in [0.3, 0.4) is 0 Å². The van der Waals surface area contributed by atoms with E-state index in [4.69, 9.17) is 9.47 Å². The lowest BCUT2D eigenvalue weighted by Gasteiger charge is -2.19. The first-order valence-corrected chi connectivity index (χ1v) is 8.69. The summed E-state index contributed by atoms with van der Waals surface area (Å²) in [5.74, 6) is 2.64. The summed E-state index contributed by atoms with van der Waals surface area (Å²) >= 11 is 1.60. The lowest BCUT2D eigenvalue weighted by Crippen LogP contribution is -2.17. The number of aryl methyl sites for hydroxylation is 1. The molecule has 5 heteroatoms. The average Bonchev–Trinajstić information content (AvgIpc) is 2.56. The molecule has 1 heterocycles. The van der Waals surface area contributed by atoms with E-state index in [-0.39, 0.29) is 5.91 Å². The van der Waals surface area contributed by atoms with Gasteiger partial charge in [0.1, 0.15) is 13.2 Å². The van der Waals surface area contributed by atoms with Crippen LogP contribution in [0.25, 0.3) is 0 Å². The minimum Gasteiger partial charge on any atom is -0.486 e. The van der Waals surface area contributed by atoms with Crippen LogP contribution < -0.4 is 14.8 Å². The largest absolute Gasteiger partial charge is 0.486 e. The van der Waals surface area contributed by atoms with Gasteiger partial charge in [-0.3, -0.25) is 4.79 Å². The molecule has 2 aromatic rings. The first-order chi connectivity index (χ1) is 11.2. The molecule has 3 rings (SSSR count). The highest BCUT2D eigenvalue weighted by molar-refractivity contribution is 7.99. The molecule has 1 amide bonds. The summed E-state index contributed by atoms with van der Waals surface area (Å²) in [4.78, 5) is 12.0. The molecule has 0 radical (unpaired) electrons. The number of carbonyl (C=O) groups excluding carboxylic acids is 1. The molecule has 0 aliphatic carbocycles. The molecule has 0 spiro atoms. The molecule has 0 unspecified atom stereocenters. The van der Waals surface area contributed by atoms with Crippen molar-refractivity contribution in [3.63, 3.8) is 0 Å². The zero-order valence-electron chi connectivity index (χ0n) is 13.0. The SMILES string of the molecule is Cc1ccc(CSCC(=O)Nc2ccc3c(c2)OCCO3)cc1. The maximum atomic E-state index is 12.0. The summed E-state index contributed by atoms with van der Waals surface area (Å²) in [6, 6.07) is 13.8. The van der Waals surface area contributed by atoms with Crippen molar-refractivity contribution in [2.75, 3.05) is 24.3 Å². The molecule has 1 aliphatic heterocycles. The van der Waals surface area contributed by atoms with Crippen molar-refractivity contribution in [3.05, 3.63) is 53.6 Å². The highest BCUT2D eigenvalue weighted by Gasteiger charge is 2.12. The molecule has 0 bridgehead atoms. The molecule has 1 aliphatic rings. The fourth-order valence-corrected chi connectivity index (χ4v) is 3.05. The van der Waals surface area contributed by atoms with E-state index < -0.39 is 0 Å². The Morgan fingerprint density at radius 2 is 1.83 bits per heavy atom. The minimum absolute atomic E-state index is 0.0150. The van der Waals surface area contributed by atoms with Crippen molar-refractivity contribution in [2.45, 2.75) is 12.7 Å². The fraction of sp³-hybridized carbons (Fsp3) is 0.278. The lowest BCUT2D eigenvalue weighted by atomic mass is 10.2. The Labute approximate surface area is 140 Å². The number of ether oxygens (including phenoxy) is 2. The van der Waals surface area contributed by atoms with E-state index in [2.05, 4.69) is 36.5 Å². The number of benzene rings is 2. The molecule has 0 atom stereocenters. The highest BCUT2D eigenvalue weighted by atomic mass is 32.2. The zero-order chi connectivity index (χ0) is 16.1. The normalized spacial score (nSPS) is 12.7. The van der Waals surface area contributed by atoms with E-state index in [1.54, 1.807) is 17.8 Å². The van der Waals surface area contributed by atoms with Gasteiger partial charge in [0.15, 0.2) is 11.5 Å². The highest BCUT2D eigenvalue weighted by Crippen LogP contribution is 2.32. The maximum Gasteiger partial charge on any atom is 0.234 e. The molecule has 120 valence electrons. The molecule has 23 heavy (non-hydrogen) atoms. The molecule has 1 N–H and O–H groups in total. The predicted octanol–water partition coefficient (Wildman–Crippen LogP) is 3.64. The van der Waals surface area contributed by atoms with E-state index in [1.165, 1.54) is 11.1 Å². The number of thioether (sulfide) groups is 1. The van der Waals surface area contributed by atoms with Crippen LogP contribution in [0, 0.1) is 6.92 Å². The van der Waals surface area contributed by atoms with Crippen LogP contribution in [0.15, 0.2) is 42.5 Å². The predicted molar refractivity (Wildman–Crippen MR) is 93.4 cm³/mol. The van der Waals surface area contributed by atoms with Gasteiger partial charge in [0, 0.05) is 17.5 Å². The molecule has 0 aromatic heterocycles. The van der Waals surface area contributed by atoms with Gasteiger partial charge >= 0.3 is 0 Å². The smallest absolute Gasteiger partial charge is 0.234 e. The van der Waals surface area contributed by atoms with E-state index >= 15 is 0 Å². The summed E-state index contributed by atoms with van der Waals surface area (Å²) < 4.78 is 11.0. The zero-order valence-corrected chi connectivity index (χ0v) is 13.8. The number of anilines is 1. The van der Waals surface area contributed by atoms with Gasteiger partial charge in [-0.15, -0.1) is 11.8 Å². The molecule has 4 nitrogen and oxygen atoms in total.